The lowest BCUT2D eigenvalue weighted by atomic mass is 9.79. The van der Waals surface area contributed by atoms with Crippen LogP contribution in [0.15, 0.2) is 0 Å². The molecule has 1 heterocycles. The van der Waals surface area contributed by atoms with Crippen LogP contribution in [0.3, 0.4) is 0 Å². The van der Waals surface area contributed by atoms with Gasteiger partial charge in [-0.05, 0) is 51.0 Å². The van der Waals surface area contributed by atoms with Gasteiger partial charge in [0.05, 0.1) is 12.7 Å². The second kappa shape index (κ2) is 8.50. The van der Waals surface area contributed by atoms with Crippen LogP contribution < -0.4 is 10.6 Å². The van der Waals surface area contributed by atoms with Crippen molar-refractivity contribution in [3.05, 3.63) is 0 Å². The van der Waals surface area contributed by atoms with E-state index in [0.717, 1.165) is 31.2 Å². The average molecular weight is 294 g/mol. The summed E-state index contributed by atoms with van der Waals surface area (Å²) in [6, 6.07) is 1.51. The molecule has 0 spiro atoms. The minimum absolute atomic E-state index is 0.555. The molecule has 3 atom stereocenters. The maximum Gasteiger partial charge on any atom is 0.0594 e. The monoisotopic (exact) mass is 294 g/mol. The summed E-state index contributed by atoms with van der Waals surface area (Å²) < 4.78 is 6.06. The molecule has 2 aliphatic carbocycles. The molecule has 3 aliphatic rings. The van der Waals surface area contributed by atoms with Crippen LogP contribution in [0.5, 0.6) is 0 Å². The Hall–Kier alpha value is -0.120. The van der Waals surface area contributed by atoms with Gasteiger partial charge in [0.15, 0.2) is 0 Å². The second-order valence-corrected chi connectivity index (χ2v) is 7.34. The van der Waals surface area contributed by atoms with E-state index in [1.54, 1.807) is 0 Å². The first-order valence-corrected chi connectivity index (χ1v) is 9.52. The molecule has 2 saturated carbocycles. The Kier molecular flexibility index (Phi) is 6.38. The maximum absolute atomic E-state index is 6.06. The highest BCUT2D eigenvalue weighted by Crippen LogP contribution is 2.30. The number of hydrogen-bond donors (Lipinski definition) is 2. The minimum atomic E-state index is 0.555. The van der Waals surface area contributed by atoms with E-state index in [1.807, 2.05) is 0 Å². The SMILES string of the molecule is C1CCC(OCCNC2CCCCC2C2CCCN2)CC1. The second-order valence-electron chi connectivity index (χ2n) is 7.34. The van der Waals surface area contributed by atoms with Crippen molar-refractivity contribution in [1.82, 2.24) is 10.6 Å². The highest BCUT2D eigenvalue weighted by Gasteiger charge is 2.32. The third-order valence-corrected chi connectivity index (χ3v) is 5.85. The van der Waals surface area contributed by atoms with E-state index >= 15 is 0 Å². The quantitative estimate of drug-likeness (QED) is 0.738. The standard InChI is InChI=1S/C18H34N2O/c1-2-7-15(8-3-1)21-14-13-20-17-10-5-4-9-16(17)18-11-6-12-19-18/h15-20H,1-14H2. The topological polar surface area (TPSA) is 33.3 Å². The van der Waals surface area contributed by atoms with E-state index in [1.165, 1.54) is 77.2 Å². The lowest BCUT2D eigenvalue weighted by molar-refractivity contribution is 0.0275. The van der Waals surface area contributed by atoms with Crippen LogP contribution in [0.2, 0.25) is 0 Å². The molecule has 2 N–H and O–H groups in total. The molecule has 122 valence electrons. The average Bonchev–Trinajstić information content (AvgIpc) is 3.07. The molecule has 3 fully saturated rings. The van der Waals surface area contributed by atoms with Gasteiger partial charge in [0.25, 0.3) is 0 Å². The van der Waals surface area contributed by atoms with Gasteiger partial charge in [-0.2, -0.15) is 0 Å². The van der Waals surface area contributed by atoms with E-state index in [2.05, 4.69) is 10.6 Å². The fourth-order valence-corrected chi connectivity index (χ4v) is 4.67. The molecule has 3 heteroatoms. The number of hydrogen-bond acceptors (Lipinski definition) is 3. The molecule has 0 aromatic carbocycles. The molecular formula is C18H34N2O. The Morgan fingerprint density at radius 3 is 2.48 bits per heavy atom. The Bertz CT molecular complexity index is 285. The summed E-state index contributed by atoms with van der Waals surface area (Å²) >= 11 is 0. The summed E-state index contributed by atoms with van der Waals surface area (Å²) in [6.45, 7) is 3.19. The lowest BCUT2D eigenvalue weighted by Crippen LogP contribution is -2.47. The zero-order chi connectivity index (χ0) is 14.3. The van der Waals surface area contributed by atoms with Crippen LogP contribution in [-0.4, -0.2) is 37.9 Å². The summed E-state index contributed by atoms with van der Waals surface area (Å²) in [5.74, 6) is 0.857. The van der Waals surface area contributed by atoms with Crippen LogP contribution in [0, 0.1) is 5.92 Å². The highest BCUT2D eigenvalue weighted by molar-refractivity contribution is 4.91. The molecular weight excluding hydrogens is 260 g/mol. The molecule has 3 nitrogen and oxygen atoms in total. The molecule has 0 radical (unpaired) electrons. The smallest absolute Gasteiger partial charge is 0.0594 e. The molecule has 21 heavy (non-hydrogen) atoms. The molecule has 0 aromatic heterocycles. The summed E-state index contributed by atoms with van der Waals surface area (Å²) in [5, 5.41) is 7.55. The fourth-order valence-electron chi connectivity index (χ4n) is 4.67. The van der Waals surface area contributed by atoms with Gasteiger partial charge in [0.1, 0.15) is 0 Å². The Morgan fingerprint density at radius 1 is 0.857 bits per heavy atom. The number of nitrogens with one attached hydrogen (secondary N) is 2. The van der Waals surface area contributed by atoms with E-state index in [-0.39, 0.29) is 0 Å². The van der Waals surface area contributed by atoms with E-state index in [4.69, 9.17) is 4.74 Å². The van der Waals surface area contributed by atoms with Crippen LogP contribution in [-0.2, 0) is 4.74 Å². The van der Waals surface area contributed by atoms with E-state index < -0.39 is 0 Å². The Morgan fingerprint density at radius 2 is 1.67 bits per heavy atom. The predicted molar refractivity (Wildman–Crippen MR) is 87.6 cm³/mol. The molecule has 1 saturated heterocycles. The van der Waals surface area contributed by atoms with E-state index in [9.17, 15) is 0 Å². The molecule has 0 bridgehead atoms. The first-order chi connectivity index (χ1) is 10.4. The van der Waals surface area contributed by atoms with Crippen LogP contribution >= 0.6 is 0 Å². The van der Waals surface area contributed by atoms with Crippen molar-refractivity contribution >= 4 is 0 Å². The Balaban J connectivity index is 1.36. The van der Waals surface area contributed by atoms with E-state index in [0.29, 0.717) is 6.10 Å². The van der Waals surface area contributed by atoms with Crippen molar-refractivity contribution in [1.29, 1.82) is 0 Å². The van der Waals surface area contributed by atoms with Gasteiger partial charge in [-0.25, -0.2) is 0 Å². The van der Waals surface area contributed by atoms with Gasteiger partial charge >= 0.3 is 0 Å². The van der Waals surface area contributed by atoms with Gasteiger partial charge < -0.3 is 15.4 Å². The van der Waals surface area contributed by atoms with Crippen molar-refractivity contribution in [3.63, 3.8) is 0 Å². The zero-order valence-electron chi connectivity index (χ0n) is 13.6. The minimum Gasteiger partial charge on any atom is -0.377 e. The van der Waals surface area contributed by atoms with Crippen LogP contribution in [0.1, 0.15) is 70.6 Å². The number of ether oxygens (including phenoxy) is 1. The maximum atomic E-state index is 6.06. The van der Waals surface area contributed by atoms with Crippen molar-refractivity contribution in [2.24, 2.45) is 5.92 Å². The van der Waals surface area contributed by atoms with Gasteiger partial charge in [-0.1, -0.05) is 32.1 Å². The van der Waals surface area contributed by atoms with Gasteiger partial charge in [-0.15, -0.1) is 0 Å². The van der Waals surface area contributed by atoms with Crippen LogP contribution in [0.4, 0.5) is 0 Å². The first-order valence-electron chi connectivity index (χ1n) is 9.52. The number of rotatable bonds is 6. The van der Waals surface area contributed by atoms with Crippen molar-refractivity contribution in [2.75, 3.05) is 19.7 Å². The van der Waals surface area contributed by atoms with Gasteiger partial charge in [0.2, 0.25) is 0 Å². The molecule has 0 aromatic rings. The molecule has 3 unspecified atom stereocenters. The van der Waals surface area contributed by atoms with Crippen molar-refractivity contribution in [2.45, 2.75) is 88.8 Å². The summed E-state index contributed by atoms with van der Waals surface area (Å²) in [7, 11) is 0. The predicted octanol–water partition coefficient (Wildman–Crippen LogP) is 3.24. The third kappa shape index (κ3) is 4.67. The highest BCUT2D eigenvalue weighted by atomic mass is 16.5. The normalized spacial score (nSPS) is 35.1. The summed E-state index contributed by atoms with van der Waals surface area (Å²) in [5.41, 5.74) is 0. The fraction of sp³-hybridized carbons (Fsp3) is 1.00. The Labute approximate surface area is 130 Å². The summed E-state index contributed by atoms with van der Waals surface area (Å²) in [4.78, 5) is 0. The zero-order valence-corrected chi connectivity index (χ0v) is 13.6. The van der Waals surface area contributed by atoms with Gasteiger partial charge in [0, 0.05) is 18.6 Å². The molecule has 3 rings (SSSR count). The van der Waals surface area contributed by atoms with Crippen LogP contribution in [0.25, 0.3) is 0 Å². The van der Waals surface area contributed by atoms with Crippen molar-refractivity contribution < 1.29 is 4.74 Å². The molecule has 0 amide bonds. The lowest BCUT2D eigenvalue weighted by Gasteiger charge is -2.36. The van der Waals surface area contributed by atoms with Crippen molar-refractivity contribution in [3.8, 4) is 0 Å². The molecule has 1 aliphatic heterocycles. The van der Waals surface area contributed by atoms with Gasteiger partial charge in [-0.3, -0.25) is 0 Å². The third-order valence-electron chi connectivity index (χ3n) is 5.85. The first kappa shape index (κ1) is 15.8. The summed E-state index contributed by atoms with van der Waals surface area (Å²) in [6.07, 6.45) is 15.7. The largest absolute Gasteiger partial charge is 0.377 e.